The summed E-state index contributed by atoms with van der Waals surface area (Å²) in [6.45, 7) is 5.41. The summed E-state index contributed by atoms with van der Waals surface area (Å²) in [6.07, 6.45) is 0.882. The Morgan fingerprint density at radius 2 is 2.10 bits per heavy atom. The lowest BCUT2D eigenvalue weighted by molar-refractivity contribution is 0.499. The first-order valence-corrected chi connectivity index (χ1v) is 9.90. The second-order valence-corrected chi connectivity index (χ2v) is 8.74. The van der Waals surface area contributed by atoms with E-state index in [4.69, 9.17) is 0 Å². The fourth-order valence-electron chi connectivity index (χ4n) is 2.64. The van der Waals surface area contributed by atoms with Crippen LogP contribution < -0.4 is 5.32 Å². The zero-order valence-electron chi connectivity index (χ0n) is 11.9. The molecule has 3 atom stereocenters. The molecule has 0 aromatic heterocycles. The number of thioether (sulfide) groups is 2. The van der Waals surface area contributed by atoms with Gasteiger partial charge in [-0.15, -0.1) is 0 Å². The van der Waals surface area contributed by atoms with Gasteiger partial charge < -0.3 is 5.32 Å². The highest BCUT2D eigenvalue weighted by Gasteiger charge is 2.30. The van der Waals surface area contributed by atoms with Crippen molar-refractivity contribution in [2.24, 2.45) is 0 Å². The van der Waals surface area contributed by atoms with Gasteiger partial charge in [-0.3, -0.25) is 0 Å². The van der Waals surface area contributed by atoms with E-state index in [2.05, 4.69) is 58.6 Å². The van der Waals surface area contributed by atoms with Crippen molar-refractivity contribution in [1.82, 2.24) is 5.32 Å². The summed E-state index contributed by atoms with van der Waals surface area (Å²) in [6, 6.07) is 5.60. The Balaban J connectivity index is 2.11. The Morgan fingerprint density at radius 3 is 2.75 bits per heavy atom. The smallest absolute Gasteiger partial charge is 0.124 e. The van der Waals surface area contributed by atoms with Gasteiger partial charge in [-0.05, 0) is 36.7 Å². The topological polar surface area (TPSA) is 12.0 Å². The summed E-state index contributed by atoms with van der Waals surface area (Å²) in [4.78, 5) is 0. The van der Waals surface area contributed by atoms with E-state index in [0.29, 0.717) is 16.5 Å². The van der Waals surface area contributed by atoms with Gasteiger partial charge in [-0.25, -0.2) is 4.39 Å². The number of rotatable bonds is 5. The number of hydrogen-bond acceptors (Lipinski definition) is 3. The van der Waals surface area contributed by atoms with E-state index in [9.17, 15) is 4.39 Å². The van der Waals surface area contributed by atoms with Crippen molar-refractivity contribution < 1.29 is 4.39 Å². The SMILES string of the molecule is CCNC(Cc1cc(F)cc(Br)c1)C1SCCSC1C. The lowest BCUT2D eigenvalue weighted by Crippen LogP contribution is -2.45. The maximum atomic E-state index is 13.5. The molecule has 3 unspecified atom stereocenters. The van der Waals surface area contributed by atoms with Gasteiger partial charge in [0.2, 0.25) is 0 Å². The minimum Gasteiger partial charge on any atom is -0.313 e. The van der Waals surface area contributed by atoms with E-state index >= 15 is 0 Å². The molecular weight excluding hydrogens is 357 g/mol. The van der Waals surface area contributed by atoms with Crippen molar-refractivity contribution in [3.05, 3.63) is 34.1 Å². The first-order valence-electron chi connectivity index (χ1n) is 7.01. The Bertz CT molecular complexity index is 424. The van der Waals surface area contributed by atoms with Gasteiger partial charge in [0.05, 0.1) is 0 Å². The van der Waals surface area contributed by atoms with Crippen LogP contribution in [-0.2, 0) is 6.42 Å². The predicted molar refractivity (Wildman–Crippen MR) is 93.4 cm³/mol. The average Bonchev–Trinajstić information content (AvgIpc) is 2.37. The maximum absolute atomic E-state index is 13.5. The zero-order chi connectivity index (χ0) is 14.5. The first-order chi connectivity index (χ1) is 9.60. The predicted octanol–water partition coefficient (Wildman–Crippen LogP) is 4.35. The Kier molecular flexibility index (Phi) is 6.72. The minimum atomic E-state index is -0.164. The second-order valence-electron chi connectivity index (χ2n) is 5.06. The lowest BCUT2D eigenvalue weighted by Gasteiger charge is -2.35. The molecule has 1 heterocycles. The fraction of sp³-hybridized carbons (Fsp3) is 0.600. The molecule has 0 spiro atoms. The molecule has 112 valence electrons. The fourth-order valence-corrected chi connectivity index (χ4v) is 6.11. The molecule has 0 aliphatic carbocycles. The Hall–Kier alpha value is 0.290. The molecular formula is C15H21BrFNS2. The molecule has 2 rings (SSSR count). The van der Waals surface area contributed by atoms with Gasteiger partial charge in [-0.2, -0.15) is 23.5 Å². The number of hydrogen-bond donors (Lipinski definition) is 1. The molecule has 1 N–H and O–H groups in total. The third kappa shape index (κ3) is 4.65. The van der Waals surface area contributed by atoms with Crippen LogP contribution in [-0.4, -0.2) is 34.6 Å². The molecule has 1 aromatic carbocycles. The minimum absolute atomic E-state index is 0.164. The lowest BCUT2D eigenvalue weighted by atomic mass is 10.0. The summed E-state index contributed by atoms with van der Waals surface area (Å²) in [5.74, 6) is 2.30. The molecule has 0 bridgehead atoms. The van der Waals surface area contributed by atoms with Gasteiger partial charge in [-0.1, -0.05) is 29.8 Å². The van der Waals surface area contributed by atoms with E-state index in [0.717, 1.165) is 23.0 Å². The summed E-state index contributed by atoms with van der Waals surface area (Å²) in [5.41, 5.74) is 1.06. The largest absolute Gasteiger partial charge is 0.313 e. The van der Waals surface area contributed by atoms with Crippen LogP contribution in [0.2, 0.25) is 0 Å². The van der Waals surface area contributed by atoms with E-state index in [1.165, 1.54) is 17.6 Å². The highest BCUT2D eigenvalue weighted by Crippen LogP contribution is 2.34. The summed E-state index contributed by atoms with van der Waals surface area (Å²) in [7, 11) is 0. The molecule has 1 aliphatic heterocycles. The van der Waals surface area contributed by atoms with Gasteiger partial charge in [0.25, 0.3) is 0 Å². The number of halogens is 2. The molecule has 0 radical (unpaired) electrons. The molecule has 1 nitrogen and oxygen atoms in total. The number of nitrogens with one attached hydrogen (secondary N) is 1. The Labute approximate surface area is 138 Å². The van der Waals surface area contributed by atoms with E-state index in [-0.39, 0.29) is 5.82 Å². The third-order valence-electron chi connectivity index (χ3n) is 3.48. The number of likely N-dealkylation sites (N-methyl/N-ethyl adjacent to an activating group) is 1. The summed E-state index contributed by atoms with van der Waals surface area (Å²) >= 11 is 7.49. The molecule has 20 heavy (non-hydrogen) atoms. The highest BCUT2D eigenvalue weighted by molar-refractivity contribution is 9.10. The van der Waals surface area contributed by atoms with Crippen LogP contribution in [0.4, 0.5) is 4.39 Å². The molecule has 1 aliphatic rings. The number of benzene rings is 1. The van der Waals surface area contributed by atoms with Crippen molar-refractivity contribution in [3.8, 4) is 0 Å². The maximum Gasteiger partial charge on any atom is 0.124 e. The van der Waals surface area contributed by atoms with Gasteiger partial charge in [0.1, 0.15) is 5.82 Å². The van der Waals surface area contributed by atoms with Crippen LogP contribution in [0.25, 0.3) is 0 Å². The van der Waals surface area contributed by atoms with Gasteiger partial charge in [0, 0.05) is 32.5 Å². The van der Waals surface area contributed by atoms with Crippen molar-refractivity contribution in [2.75, 3.05) is 18.1 Å². The van der Waals surface area contributed by atoms with Crippen LogP contribution in [0.3, 0.4) is 0 Å². The van der Waals surface area contributed by atoms with Crippen LogP contribution in [0.5, 0.6) is 0 Å². The van der Waals surface area contributed by atoms with Crippen molar-refractivity contribution in [1.29, 1.82) is 0 Å². The van der Waals surface area contributed by atoms with Crippen molar-refractivity contribution >= 4 is 39.5 Å². The summed E-state index contributed by atoms with van der Waals surface area (Å²) in [5, 5.41) is 4.84. The van der Waals surface area contributed by atoms with Crippen LogP contribution >= 0.6 is 39.5 Å². The normalized spacial score (nSPS) is 24.6. The summed E-state index contributed by atoms with van der Waals surface area (Å²) < 4.78 is 14.3. The standard InChI is InChI=1S/C15H21BrFNS2/c1-3-18-14(15-10(2)19-4-5-20-15)8-11-6-12(16)9-13(17)7-11/h6-7,9-10,14-15,18H,3-5,8H2,1-2H3. The van der Waals surface area contributed by atoms with Crippen LogP contribution in [0, 0.1) is 5.82 Å². The van der Waals surface area contributed by atoms with Gasteiger partial charge in [0.15, 0.2) is 0 Å². The molecule has 1 saturated heterocycles. The van der Waals surface area contributed by atoms with Gasteiger partial charge >= 0.3 is 0 Å². The van der Waals surface area contributed by atoms with Crippen LogP contribution in [0.15, 0.2) is 22.7 Å². The molecule has 0 saturated carbocycles. The average molecular weight is 378 g/mol. The van der Waals surface area contributed by atoms with E-state index < -0.39 is 0 Å². The molecule has 5 heteroatoms. The monoisotopic (exact) mass is 377 g/mol. The van der Waals surface area contributed by atoms with E-state index in [1.54, 1.807) is 6.07 Å². The van der Waals surface area contributed by atoms with E-state index in [1.807, 2.05) is 6.07 Å². The van der Waals surface area contributed by atoms with Crippen molar-refractivity contribution in [3.63, 3.8) is 0 Å². The second kappa shape index (κ2) is 8.06. The molecule has 1 fully saturated rings. The quantitative estimate of drug-likeness (QED) is 0.818. The first kappa shape index (κ1) is 16.7. The van der Waals surface area contributed by atoms with Crippen molar-refractivity contribution in [2.45, 2.75) is 36.8 Å². The highest BCUT2D eigenvalue weighted by atomic mass is 79.9. The molecule has 1 aromatic rings. The Morgan fingerprint density at radius 1 is 1.35 bits per heavy atom. The zero-order valence-corrected chi connectivity index (χ0v) is 15.1. The third-order valence-corrected chi connectivity index (χ3v) is 7.19. The molecule has 0 amide bonds. The van der Waals surface area contributed by atoms with Crippen LogP contribution in [0.1, 0.15) is 19.4 Å².